The van der Waals surface area contributed by atoms with Crippen molar-refractivity contribution in [3.63, 3.8) is 0 Å². The Morgan fingerprint density at radius 1 is 1.30 bits per heavy atom. The monoisotopic (exact) mass is 277 g/mol. The van der Waals surface area contributed by atoms with Crippen LogP contribution in [-0.4, -0.2) is 42.0 Å². The number of nitrogens with one attached hydrogen (secondary N) is 2. The maximum atomic E-state index is 5.45. The van der Waals surface area contributed by atoms with Gasteiger partial charge in [-0.15, -0.1) is 5.10 Å². The zero-order valence-corrected chi connectivity index (χ0v) is 11.5. The van der Waals surface area contributed by atoms with E-state index in [1.807, 2.05) is 18.3 Å². The molecule has 7 heteroatoms. The second-order valence-electron chi connectivity index (χ2n) is 4.21. The zero-order valence-electron chi connectivity index (χ0n) is 11.5. The number of hydrogen-bond donors (Lipinski definition) is 2. The summed E-state index contributed by atoms with van der Waals surface area (Å²) in [6.45, 7) is 2.68. The summed E-state index contributed by atoms with van der Waals surface area (Å²) < 4.78 is 10.4. The molecule has 7 nitrogen and oxygen atoms in total. The van der Waals surface area contributed by atoms with Gasteiger partial charge in [-0.25, -0.2) is 0 Å². The van der Waals surface area contributed by atoms with Crippen LogP contribution < -0.4 is 10.6 Å². The summed E-state index contributed by atoms with van der Waals surface area (Å²) in [5.41, 5.74) is 1.17. The Morgan fingerprint density at radius 3 is 3.05 bits per heavy atom. The van der Waals surface area contributed by atoms with Crippen LogP contribution in [0.15, 0.2) is 28.9 Å². The van der Waals surface area contributed by atoms with Crippen molar-refractivity contribution >= 4 is 6.01 Å². The van der Waals surface area contributed by atoms with E-state index in [0.717, 1.165) is 19.5 Å². The zero-order chi connectivity index (χ0) is 14.0. The maximum absolute atomic E-state index is 5.45. The molecule has 0 spiro atoms. The van der Waals surface area contributed by atoms with Crippen LogP contribution in [0.5, 0.6) is 0 Å². The van der Waals surface area contributed by atoms with Crippen molar-refractivity contribution in [3.05, 3.63) is 36.0 Å². The number of anilines is 1. The van der Waals surface area contributed by atoms with Gasteiger partial charge in [-0.3, -0.25) is 4.98 Å². The van der Waals surface area contributed by atoms with E-state index in [9.17, 15) is 0 Å². The summed E-state index contributed by atoms with van der Waals surface area (Å²) in [7, 11) is 1.67. The topological polar surface area (TPSA) is 85.1 Å². The third-order valence-corrected chi connectivity index (χ3v) is 2.64. The number of nitrogens with zero attached hydrogens (tertiary/aromatic N) is 3. The molecular formula is C13H19N5O2. The summed E-state index contributed by atoms with van der Waals surface area (Å²) in [6, 6.07) is 4.40. The SMILES string of the molecule is COCCNCc1nnc(NCCc2cccnc2)o1. The molecular weight excluding hydrogens is 258 g/mol. The molecule has 2 N–H and O–H groups in total. The van der Waals surface area contributed by atoms with Gasteiger partial charge in [0.1, 0.15) is 0 Å². The molecule has 20 heavy (non-hydrogen) atoms. The molecule has 0 aromatic carbocycles. The molecule has 0 amide bonds. The highest BCUT2D eigenvalue weighted by Crippen LogP contribution is 2.05. The normalized spacial score (nSPS) is 10.7. The van der Waals surface area contributed by atoms with Crippen molar-refractivity contribution in [3.8, 4) is 0 Å². The van der Waals surface area contributed by atoms with Crippen molar-refractivity contribution < 1.29 is 9.15 Å². The van der Waals surface area contributed by atoms with E-state index in [1.54, 1.807) is 13.3 Å². The average molecular weight is 277 g/mol. The van der Waals surface area contributed by atoms with Crippen LogP contribution in [0, 0.1) is 0 Å². The van der Waals surface area contributed by atoms with Crippen LogP contribution in [0.1, 0.15) is 11.5 Å². The van der Waals surface area contributed by atoms with Gasteiger partial charge in [-0.05, 0) is 18.1 Å². The lowest BCUT2D eigenvalue weighted by molar-refractivity contribution is 0.198. The largest absolute Gasteiger partial charge is 0.407 e. The van der Waals surface area contributed by atoms with Gasteiger partial charge >= 0.3 is 6.01 Å². The molecule has 0 radical (unpaired) electrons. The van der Waals surface area contributed by atoms with Gasteiger partial charge in [0, 0.05) is 32.6 Å². The Balaban J connectivity index is 1.67. The average Bonchev–Trinajstić information content (AvgIpc) is 2.93. The summed E-state index contributed by atoms with van der Waals surface area (Å²) >= 11 is 0. The molecule has 0 aliphatic heterocycles. The Morgan fingerprint density at radius 2 is 2.25 bits per heavy atom. The molecule has 0 fully saturated rings. The van der Waals surface area contributed by atoms with Crippen LogP contribution in [0.4, 0.5) is 6.01 Å². The molecule has 2 rings (SSSR count). The van der Waals surface area contributed by atoms with E-state index < -0.39 is 0 Å². The number of hydrogen-bond acceptors (Lipinski definition) is 7. The standard InChI is InChI=1S/C13H19N5O2/c1-19-8-7-15-10-12-17-18-13(20-12)16-6-4-11-3-2-5-14-9-11/h2-3,5,9,15H,4,6-8,10H2,1H3,(H,16,18). The highest BCUT2D eigenvalue weighted by molar-refractivity contribution is 5.18. The van der Waals surface area contributed by atoms with Gasteiger partial charge < -0.3 is 19.8 Å². The minimum atomic E-state index is 0.442. The Hall–Kier alpha value is -1.99. The van der Waals surface area contributed by atoms with Crippen molar-refractivity contribution in [1.82, 2.24) is 20.5 Å². The van der Waals surface area contributed by atoms with Crippen LogP contribution in [0.3, 0.4) is 0 Å². The fraction of sp³-hybridized carbons (Fsp3) is 0.462. The lowest BCUT2D eigenvalue weighted by Crippen LogP contribution is -2.18. The van der Waals surface area contributed by atoms with E-state index in [4.69, 9.17) is 9.15 Å². The first-order valence-electron chi connectivity index (χ1n) is 6.53. The Kier molecular flexibility index (Phi) is 5.94. The highest BCUT2D eigenvalue weighted by Gasteiger charge is 2.04. The van der Waals surface area contributed by atoms with Crippen LogP contribution in [0.25, 0.3) is 0 Å². The number of methoxy groups -OCH3 is 1. The second-order valence-corrected chi connectivity index (χ2v) is 4.21. The van der Waals surface area contributed by atoms with Crippen molar-refractivity contribution in [1.29, 1.82) is 0 Å². The van der Waals surface area contributed by atoms with Gasteiger partial charge in [-0.1, -0.05) is 11.2 Å². The summed E-state index contributed by atoms with van der Waals surface area (Å²) in [5, 5.41) is 14.1. The quantitative estimate of drug-likeness (QED) is 0.657. The molecule has 0 saturated heterocycles. The predicted octanol–water partition coefficient (Wildman–Crippen LogP) is 0.855. The smallest absolute Gasteiger partial charge is 0.315 e. The minimum absolute atomic E-state index is 0.442. The van der Waals surface area contributed by atoms with E-state index in [0.29, 0.717) is 25.1 Å². The number of ether oxygens (including phenoxy) is 1. The highest BCUT2D eigenvalue weighted by atomic mass is 16.5. The molecule has 2 aromatic rings. The molecule has 0 aliphatic carbocycles. The van der Waals surface area contributed by atoms with Gasteiger partial charge in [0.05, 0.1) is 13.2 Å². The van der Waals surface area contributed by atoms with Crippen LogP contribution in [-0.2, 0) is 17.7 Å². The number of rotatable bonds is 9. The molecule has 0 saturated carbocycles. The molecule has 0 unspecified atom stereocenters. The summed E-state index contributed by atoms with van der Waals surface area (Å²) in [4.78, 5) is 4.07. The fourth-order valence-corrected chi connectivity index (χ4v) is 1.63. The molecule has 108 valence electrons. The molecule has 2 aromatic heterocycles. The first-order chi connectivity index (χ1) is 9.88. The first kappa shape index (κ1) is 14.4. The molecule has 2 heterocycles. The second kappa shape index (κ2) is 8.23. The van der Waals surface area contributed by atoms with Gasteiger partial charge in [0.2, 0.25) is 5.89 Å². The fourth-order valence-electron chi connectivity index (χ4n) is 1.63. The predicted molar refractivity (Wildman–Crippen MR) is 74.3 cm³/mol. The Bertz CT molecular complexity index is 489. The maximum Gasteiger partial charge on any atom is 0.315 e. The molecule has 0 bridgehead atoms. The van der Waals surface area contributed by atoms with Crippen molar-refractivity contribution in [2.45, 2.75) is 13.0 Å². The first-order valence-corrected chi connectivity index (χ1v) is 6.53. The van der Waals surface area contributed by atoms with E-state index >= 15 is 0 Å². The Labute approximate surface area is 117 Å². The lowest BCUT2D eigenvalue weighted by atomic mass is 10.2. The van der Waals surface area contributed by atoms with Crippen molar-refractivity contribution in [2.75, 3.05) is 32.1 Å². The number of aromatic nitrogens is 3. The van der Waals surface area contributed by atoms with Gasteiger partial charge in [0.25, 0.3) is 0 Å². The molecule has 0 atom stereocenters. The van der Waals surface area contributed by atoms with E-state index in [-0.39, 0.29) is 0 Å². The lowest BCUT2D eigenvalue weighted by Gasteiger charge is -2.01. The van der Waals surface area contributed by atoms with Crippen LogP contribution in [0.2, 0.25) is 0 Å². The summed E-state index contributed by atoms with van der Waals surface area (Å²) in [5.74, 6) is 0.560. The third kappa shape index (κ3) is 4.94. The van der Waals surface area contributed by atoms with Crippen LogP contribution >= 0.6 is 0 Å². The summed E-state index contributed by atoms with van der Waals surface area (Å²) in [6.07, 6.45) is 4.47. The van der Waals surface area contributed by atoms with Gasteiger partial charge in [0.15, 0.2) is 0 Å². The third-order valence-electron chi connectivity index (χ3n) is 2.64. The van der Waals surface area contributed by atoms with E-state index in [2.05, 4.69) is 25.8 Å². The number of pyridine rings is 1. The van der Waals surface area contributed by atoms with Gasteiger partial charge in [-0.2, -0.15) is 0 Å². The molecule has 0 aliphatic rings. The van der Waals surface area contributed by atoms with Crippen molar-refractivity contribution in [2.24, 2.45) is 0 Å². The minimum Gasteiger partial charge on any atom is -0.407 e. The van der Waals surface area contributed by atoms with E-state index in [1.165, 1.54) is 5.56 Å².